The number of nitrogens with zero attached hydrogens (tertiary/aromatic N) is 1. The maximum atomic E-state index is 12.7. The number of benzene rings is 3. The summed E-state index contributed by atoms with van der Waals surface area (Å²) < 4.78 is 5.13. The number of aryl methyl sites for hydroxylation is 1. The van der Waals surface area contributed by atoms with Crippen LogP contribution in [0.4, 0.5) is 11.4 Å². The summed E-state index contributed by atoms with van der Waals surface area (Å²) in [5, 5.41) is 2.73. The topological polar surface area (TPSA) is 92.8 Å². The van der Waals surface area contributed by atoms with Crippen molar-refractivity contribution >= 4 is 35.1 Å². The van der Waals surface area contributed by atoms with Gasteiger partial charge < -0.3 is 10.1 Å². The molecular weight excluding hydrogens is 408 g/mol. The summed E-state index contributed by atoms with van der Waals surface area (Å²) in [7, 11) is 0. The van der Waals surface area contributed by atoms with Crippen LogP contribution in [0, 0.1) is 0 Å². The number of hydrogen-bond donors (Lipinski definition) is 1. The summed E-state index contributed by atoms with van der Waals surface area (Å²) in [5.41, 5.74) is 2.65. The summed E-state index contributed by atoms with van der Waals surface area (Å²) in [5.74, 6) is -2.10. The smallest absolute Gasteiger partial charge is 0.338 e. The Hall–Kier alpha value is -4.26. The van der Waals surface area contributed by atoms with Crippen molar-refractivity contribution in [2.45, 2.75) is 13.3 Å². The van der Waals surface area contributed by atoms with Gasteiger partial charge in [-0.25, -0.2) is 9.69 Å². The fourth-order valence-corrected chi connectivity index (χ4v) is 3.55. The lowest BCUT2D eigenvalue weighted by molar-refractivity contribution is -0.119. The number of ether oxygens (including phenoxy) is 1. The Balaban J connectivity index is 1.44. The van der Waals surface area contributed by atoms with Gasteiger partial charge in [0.15, 0.2) is 6.61 Å². The average molecular weight is 428 g/mol. The van der Waals surface area contributed by atoms with Gasteiger partial charge in [-0.15, -0.1) is 0 Å². The minimum Gasteiger partial charge on any atom is -0.452 e. The number of anilines is 2. The zero-order valence-electron chi connectivity index (χ0n) is 17.3. The Morgan fingerprint density at radius 2 is 1.53 bits per heavy atom. The van der Waals surface area contributed by atoms with Gasteiger partial charge in [0.2, 0.25) is 0 Å². The van der Waals surface area contributed by atoms with E-state index in [4.69, 9.17) is 4.74 Å². The van der Waals surface area contributed by atoms with E-state index in [1.165, 1.54) is 12.1 Å². The lowest BCUT2D eigenvalue weighted by atomic mass is 10.1. The van der Waals surface area contributed by atoms with Crippen LogP contribution in [0.25, 0.3) is 0 Å². The van der Waals surface area contributed by atoms with Gasteiger partial charge in [-0.3, -0.25) is 14.4 Å². The average Bonchev–Trinajstić information content (AvgIpc) is 3.08. The first kappa shape index (κ1) is 21.0. The Morgan fingerprint density at radius 1 is 0.875 bits per heavy atom. The number of carbonyl (C=O) groups is 4. The van der Waals surface area contributed by atoms with Gasteiger partial charge >= 0.3 is 5.97 Å². The lowest BCUT2D eigenvalue weighted by Gasteiger charge is -2.15. The summed E-state index contributed by atoms with van der Waals surface area (Å²) in [6.07, 6.45) is 0.751. The van der Waals surface area contributed by atoms with Crippen molar-refractivity contribution in [3.63, 3.8) is 0 Å². The molecule has 0 bridgehead atoms. The van der Waals surface area contributed by atoms with Crippen molar-refractivity contribution in [1.29, 1.82) is 0 Å². The Labute approximate surface area is 184 Å². The molecule has 0 saturated carbocycles. The molecule has 32 heavy (non-hydrogen) atoms. The van der Waals surface area contributed by atoms with E-state index >= 15 is 0 Å². The monoisotopic (exact) mass is 428 g/mol. The van der Waals surface area contributed by atoms with Gasteiger partial charge in [-0.2, -0.15) is 0 Å². The molecule has 0 aliphatic carbocycles. The molecule has 7 heteroatoms. The van der Waals surface area contributed by atoms with Crippen molar-refractivity contribution in [3.05, 3.63) is 95.1 Å². The van der Waals surface area contributed by atoms with Gasteiger partial charge in [0.05, 0.1) is 22.4 Å². The highest BCUT2D eigenvalue weighted by molar-refractivity contribution is 6.34. The van der Waals surface area contributed by atoms with Gasteiger partial charge in [0.1, 0.15) is 0 Å². The largest absolute Gasteiger partial charge is 0.452 e. The van der Waals surface area contributed by atoms with Crippen LogP contribution in [0.5, 0.6) is 0 Å². The van der Waals surface area contributed by atoms with Crippen LogP contribution in [-0.4, -0.2) is 30.3 Å². The molecule has 4 rings (SSSR count). The maximum Gasteiger partial charge on any atom is 0.338 e. The van der Waals surface area contributed by atoms with E-state index in [1.807, 2.05) is 25.1 Å². The fraction of sp³-hybridized carbons (Fsp3) is 0.120. The SMILES string of the molecule is CCc1ccccc1NC(=O)COC(=O)c1cccc(N2C(=O)c3ccccc3C2=O)c1. The summed E-state index contributed by atoms with van der Waals surface area (Å²) in [4.78, 5) is 51.1. The second-order valence-corrected chi connectivity index (χ2v) is 7.18. The first-order valence-corrected chi connectivity index (χ1v) is 10.1. The first-order chi connectivity index (χ1) is 15.5. The number of imide groups is 1. The van der Waals surface area contributed by atoms with Crippen molar-refractivity contribution in [3.8, 4) is 0 Å². The molecule has 160 valence electrons. The standard InChI is InChI=1S/C25H20N2O5/c1-2-16-8-3-6-13-21(16)26-22(28)15-32-25(31)17-9-7-10-18(14-17)27-23(29)19-11-4-5-12-20(19)24(27)30/h3-14H,2,15H2,1H3,(H,26,28). The van der Waals surface area contributed by atoms with E-state index < -0.39 is 30.3 Å². The molecule has 0 unspecified atom stereocenters. The van der Waals surface area contributed by atoms with Crippen molar-refractivity contribution in [2.24, 2.45) is 0 Å². The predicted octanol–water partition coefficient (Wildman–Crippen LogP) is 3.85. The highest BCUT2D eigenvalue weighted by Gasteiger charge is 2.36. The molecule has 1 heterocycles. The zero-order chi connectivity index (χ0) is 22.7. The number of rotatable bonds is 6. The minimum atomic E-state index is -0.734. The number of esters is 1. The van der Waals surface area contributed by atoms with Crippen LogP contribution in [0.1, 0.15) is 43.6 Å². The molecule has 3 aromatic rings. The van der Waals surface area contributed by atoms with Gasteiger partial charge in [0.25, 0.3) is 17.7 Å². The van der Waals surface area contributed by atoms with Crippen LogP contribution in [0.3, 0.4) is 0 Å². The second kappa shape index (κ2) is 8.85. The number of nitrogens with one attached hydrogen (secondary N) is 1. The lowest BCUT2D eigenvalue weighted by Crippen LogP contribution is -2.29. The summed E-state index contributed by atoms with van der Waals surface area (Å²) in [6.45, 7) is 1.51. The quantitative estimate of drug-likeness (QED) is 0.476. The summed E-state index contributed by atoms with van der Waals surface area (Å²) in [6, 6.07) is 19.9. The molecule has 3 aromatic carbocycles. The maximum absolute atomic E-state index is 12.7. The van der Waals surface area contributed by atoms with Gasteiger partial charge in [-0.05, 0) is 48.4 Å². The zero-order valence-corrected chi connectivity index (χ0v) is 17.3. The minimum absolute atomic E-state index is 0.126. The molecular formula is C25H20N2O5. The Bertz CT molecular complexity index is 1200. The van der Waals surface area contributed by atoms with E-state index in [0.717, 1.165) is 16.9 Å². The van der Waals surface area contributed by atoms with E-state index in [0.29, 0.717) is 16.8 Å². The highest BCUT2D eigenvalue weighted by Crippen LogP contribution is 2.28. The molecule has 7 nitrogen and oxygen atoms in total. The fourth-order valence-electron chi connectivity index (χ4n) is 3.55. The number of para-hydroxylation sites is 1. The Morgan fingerprint density at radius 3 is 2.22 bits per heavy atom. The molecule has 0 saturated heterocycles. The van der Waals surface area contributed by atoms with E-state index in [2.05, 4.69) is 5.32 Å². The van der Waals surface area contributed by atoms with Crippen LogP contribution in [0.2, 0.25) is 0 Å². The molecule has 0 radical (unpaired) electrons. The van der Waals surface area contributed by atoms with Crippen LogP contribution in [-0.2, 0) is 16.0 Å². The molecule has 1 aliphatic rings. The second-order valence-electron chi connectivity index (χ2n) is 7.18. The van der Waals surface area contributed by atoms with Gasteiger partial charge in [-0.1, -0.05) is 43.3 Å². The van der Waals surface area contributed by atoms with Crippen LogP contribution >= 0.6 is 0 Å². The summed E-state index contributed by atoms with van der Waals surface area (Å²) >= 11 is 0. The number of carbonyl (C=O) groups excluding carboxylic acids is 4. The first-order valence-electron chi connectivity index (χ1n) is 10.1. The van der Waals surface area contributed by atoms with E-state index in [1.54, 1.807) is 42.5 Å². The molecule has 1 N–H and O–H groups in total. The predicted molar refractivity (Wildman–Crippen MR) is 119 cm³/mol. The highest BCUT2D eigenvalue weighted by atomic mass is 16.5. The van der Waals surface area contributed by atoms with E-state index in [-0.39, 0.29) is 11.3 Å². The van der Waals surface area contributed by atoms with Gasteiger partial charge in [0, 0.05) is 5.69 Å². The third-order valence-electron chi connectivity index (χ3n) is 5.14. The van der Waals surface area contributed by atoms with Crippen LogP contribution < -0.4 is 10.2 Å². The third-order valence-corrected chi connectivity index (χ3v) is 5.14. The normalized spacial score (nSPS) is 12.5. The van der Waals surface area contributed by atoms with Crippen LogP contribution in [0.15, 0.2) is 72.8 Å². The third kappa shape index (κ3) is 4.00. The van der Waals surface area contributed by atoms with Crippen molar-refractivity contribution in [1.82, 2.24) is 0 Å². The molecule has 0 fully saturated rings. The molecule has 1 aliphatic heterocycles. The molecule has 0 atom stereocenters. The Kier molecular flexibility index (Phi) is 5.81. The molecule has 0 aromatic heterocycles. The molecule has 3 amide bonds. The number of fused-ring (bicyclic) bond motifs is 1. The van der Waals surface area contributed by atoms with E-state index in [9.17, 15) is 19.2 Å². The number of hydrogen-bond acceptors (Lipinski definition) is 5. The van der Waals surface area contributed by atoms with Crippen molar-refractivity contribution < 1.29 is 23.9 Å². The molecule has 0 spiro atoms. The van der Waals surface area contributed by atoms with Crippen molar-refractivity contribution in [2.75, 3.05) is 16.8 Å². The number of amides is 3.